The lowest BCUT2D eigenvalue weighted by atomic mass is 10.3. The Morgan fingerprint density at radius 3 is 2.78 bits per heavy atom. The van der Waals surface area contributed by atoms with E-state index in [0.717, 1.165) is 16.3 Å². The number of aryl methyl sites for hydroxylation is 2. The Morgan fingerprint density at radius 2 is 2.17 bits per heavy atom. The number of thiophene rings is 1. The fourth-order valence-electron chi connectivity index (χ4n) is 1.55. The number of aromatic nitrogens is 1. The van der Waals surface area contributed by atoms with E-state index in [-0.39, 0.29) is 5.78 Å². The van der Waals surface area contributed by atoms with Crippen molar-refractivity contribution in [2.45, 2.75) is 18.9 Å². The molecule has 0 aliphatic rings. The van der Waals surface area contributed by atoms with E-state index < -0.39 is 0 Å². The molecule has 0 bridgehead atoms. The van der Waals surface area contributed by atoms with Gasteiger partial charge in [-0.3, -0.25) is 4.79 Å². The van der Waals surface area contributed by atoms with Crippen molar-refractivity contribution in [2.75, 3.05) is 5.75 Å². The van der Waals surface area contributed by atoms with Crippen LogP contribution in [0.5, 0.6) is 0 Å². The number of carbonyl (C=O) groups is 1. The lowest BCUT2D eigenvalue weighted by molar-refractivity contribution is 0.102. The molecule has 0 fully saturated rings. The summed E-state index contributed by atoms with van der Waals surface area (Å²) >= 11 is 8.59. The average molecular weight is 298 g/mol. The molecule has 94 valence electrons. The van der Waals surface area contributed by atoms with Crippen LogP contribution in [0.4, 0.5) is 0 Å². The van der Waals surface area contributed by atoms with Crippen molar-refractivity contribution >= 4 is 40.5 Å². The van der Waals surface area contributed by atoms with E-state index in [0.29, 0.717) is 15.0 Å². The largest absolute Gasteiger partial charge is 0.292 e. The summed E-state index contributed by atoms with van der Waals surface area (Å²) in [5, 5.41) is 0.892. The fraction of sp³-hybridized carbons (Fsp3) is 0.231. The Morgan fingerprint density at radius 1 is 1.39 bits per heavy atom. The van der Waals surface area contributed by atoms with Crippen LogP contribution in [0.3, 0.4) is 0 Å². The third kappa shape index (κ3) is 3.57. The van der Waals surface area contributed by atoms with Gasteiger partial charge in [-0.15, -0.1) is 11.3 Å². The summed E-state index contributed by atoms with van der Waals surface area (Å²) in [6, 6.07) is 7.53. The molecule has 2 nitrogen and oxygen atoms in total. The zero-order valence-electron chi connectivity index (χ0n) is 10.1. The highest BCUT2D eigenvalue weighted by molar-refractivity contribution is 8.00. The van der Waals surface area contributed by atoms with E-state index in [4.69, 9.17) is 11.6 Å². The molecule has 2 aromatic heterocycles. The van der Waals surface area contributed by atoms with Gasteiger partial charge in [0.2, 0.25) is 0 Å². The van der Waals surface area contributed by atoms with Crippen LogP contribution < -0.4 is 0 Å². The smallest absolute Gasteiger partial charge is 0.183 e. The molecule has 0 radical (unpaired) electrons. The van der Waals surface area contributed by atoms with Gasteiger partial charge in [0, 0.05) is 5.69 Å². The van der Waals surface area contributed by atoms with E-state index in [1.54, 1.807) is 12.1 Å². The molecule has 0 aromatic carbocycles. The maximum atomic E-state index is 11.9. The Balaban J connectivity index is 2.01. The summed E-state index contributed by atoms with van der Waals surface area (Å²) in [5.74, 6) is 0.491. The van der Waals surface area contributed by atoms with Gasteiger partial charge in [-0.2, -0.15) is 0 Å². The monoisotopic (exact) mass is 297 g/mol. The SMILES string of the molecule is Cc1cc(C)nc(SCC(=O)c2ccc(Cl)s2)c1. The van der Waals surface area contributed by atoms with Crippen molar-refractivity contribution in [3.05, 3.63) is 44.7 Å². The normalized spacial score (nSPS) is 10.6. The van der Waals surface area contributed by atoms with Crippen molar-refractivity contribution in [3.8, 4) is 0 Å². The Labute approximate surface area is 119 Å². The summed E-state index contributed by atoms with van der Waals surface area (Å²) in [6.07, 6.45) is 0. The molecule has 0 aliphatic heterocycles. The van der Waals surface area contributed by atoms with Gasteiger partial charge in [-0.1, -0.05) is 23.4 Å². The topological polar surface area (TPSA) is 30.0 Å². The highest BCUT2D eigenvalue weighted by Crippen LogP contribution is 2.24. The predicted molar refractivity (Wildman–Crippen MR) is 78.1 cm³/mol. The molecule has 2 rings (SSSR count). The molecule has 2 aromatic rings. The van der Waals surface area contributed by atoms with Crippen LogP contribution in [0, 0.1) is 13.8 Å². The number of hydrogen-bond donors (Lipinski definition) is 0. The highest BCUT2D eigenvalue weighted by atomic mass is 35.5. The molecular formula is C13H12ClNOS2. The van der Waals surface area contributed by atoms with Crippen LogP contribution in [0.1, 0.15) is 20.9 Å². The van der Waals surface area contributed by atoms with E-state index in [9.17, 15) is 4.79 Å². The zero-order valence-corrected chi connectivity index (χ0v) is 12.5. The molecule has 18 heavy (non-hydrogen) atoms. The van der Waals surface area contributed by atoms with Crippen LogP contribution in [0.15, 0.2) is 29.3 Å². The average Bonchev–Trinajstić information content (AvgIpc) is 2.71. The molecular weight excluding hydrogens is 286 g/mol. The fourth-order valence-corrected chi connectivity index (χ4v) is 3.54. The third-order valence-electron chi connectivity index (χ3n) is 2.27. The number of ketones is 1. The maximum absolute atomic E-state index is 11.9. The van der Waals surface area contributed by atoms with Crippen LogP contribution in [-0.2, 0) is 0 Å². The Kier molecular flexibility index (Phi) is 4.43. The number of nitrogens with zero attached hydrogens (tertiary/aromatic N) is 1. The minimum Gasteiger partial charge on any atom is -0.292 e. The van der Waals surface area contributed by atoms with Gasteiger partial charge in [-0.05, 0) is 43.7 Å². The number of rotatable bonds is 4. The van der Waals surface area contributed by atoms with Gasteiger partial charge in [0.1, 0.15) is 0 Å². The molecule has 5 heteroatoms. The van der Waals surface area contributed by atoms with Crippen molar-refractivity contribution in [1.29, 1.82) is 0 Å². The van der Waals surface area contributed by atoms with E-state index >= 15 is 0 Å². The number of thioether (sulfide) groups is 1. The van der Waals surface area contributed by atoms with E-state index in [1.165, 1.54) is 23.1 Å². The van der Waals surface area contributed by atoms with Crippen LogP contribution in [0.25, 0.3) is 0 Å². The molecule has 0 atom stereocenters. The number of carbonyl (C=O) groups excluding carboxylic acids is 1. The second-order valence-corrected chi connectivity index (χ2v) is 6.65. The van der Waals surface area contributed by atoms with Gasteiger partial charge in [-0.25, -0.2) is 4.98 Å². The summed E-state index contributed by atoms with van der Waals surface area (Å²) < 4.78 is 0.646. The molecule has 0 saturated carbocycles. The van der Waals surface area contributed by atoms with E-state index in [1.807, 2.05) is 26.0 Å². The van der Waals surface area contributed by atoms with Crippen molar-refractivity contribution in [1.82, 2.24) is 4.98 Å². The van der Waals surface area contributed by atoms with Gasteiger partial charge >= 0.3 is 0 Å². The number of Topliss-reactive ketones (excluding diaryl/α,β-unsaturated/α-hetero) is 1. The lowest BCUT2D eigenvalue weighted by Crippen LogP contribution is -2.00. The van der Waals surface area contributed by atoms with Gasteiger partial charge < -0.3 is 0 Å². The summed E-state index contributed by atoms with van der Waals surface area (Å²) in [5.41, 5.74) is 2.14. The second-order valence-electron chi connectivity index (χ2n) is 3.94. The summed E-state index contributed by atoms with van der Waals surface area (Å²) in [4.78, 5) is 17.0. The first-order chi connectivity index (χ1) is 8.54. The molecule has 0 amide bonds. The Bertz CT molecular complexity index is 560. The standard InChI is InChI=1S/C13H12ClNOS2/c1-8-5-9(2)15-13(6-8)17-7-10(16)11-3-4-12(14)18-11/h3-6H,7H2,1-2H3. The lowest BCUT2D eigenvalue weighted by Gasteiger charge is -2.02. The first kappa shape index (κ1) is 13.6. The molecule has 0 spiro atoms. The van der Waals surface area contributed by atoms with Crippen molar-refractivity contribution in [2.24, 2.45) is 0 Å². The minimum atomic E-state index is 0.0952. The van der Waals surface area contributed by atoms with Crippen molar-refractivity contribution in [3.63, 3.8) is 0 Å². The first-order valence-electron chi connectivity index (χ1n) is 5.41. The van der Waals surface area contributed by atoms with Crippen LogP contribution >= 0.6 is 34.7 Å². The third-order valence-corrected chi connectivity index (χ3v) is 4.46. The molecule has 0 aliphatic carbocycles. The molecule has 0 saturated heterocycles. The van der Waals surface area contributed by atoms with Gasteiger partial charge in [0.25, 0.3) is 0 Å². The number of pyridine rings is 1. The van der Waals surface area contributed by atoms with Gasteiger partial charge in [0.05, 0.1) is 20.0 Å². The van der Waals surface area contributed by atoms with Crippen molar-refractivity contribution < 1.29 is 4.79 Å². The minimum absolute atomic E-state index is 0.0952. The maximum Gasteiger partial charge on any atom is 0.183 e. The predicted octanol–water partition coefficient (Wildman–Crippen LogP) is 4.39. The molecule has 2 heterocycles. The molecule has 0 unspecified atom stereocenters. The number of halogens is 1. The number of hydrogen-bond acceptors (Lipinski definition) is 4. The molecule has 0 N–H and O–H groups in total. The summed E-state index contributed by atoms with van der Waals surface area (Å²) in [6.45, 7) is 3.98. The van der Waals surface area contributed by atoms with Crippen LogP contribution in [-0.4, -0.2) is 16.5 Å². The highest BCUT2D eigenvalue weighted by Gasteiger charge is 2.10. The first-order valence-corrected chi connectivity index (χ1v) is 7.59. The Hall–Kier alpha value is -0.840. The summed E-state index contributed by atoms with van der Waals surface area (Å²) in [7, 11) is 0. The quantitative estimate of drug-likeness (QED) is 0.619. The van der Waals surface area contributed by atoms with Gasteiger partial charge in [0.15, 0.2) is 5.78 Å². The zero-order chi connectivity index (χ0) is 13.1. The van der Waals surface area contributed by atoms with E-state index in [2.05, 4.69) is 4.98 Å². The second kappa shape index (κ2) is 5.87. The van der Waals surface area contributed by atoms with Crippen LogP contribution in [0.2, 0.25) is 4.34 Å².